The zero-order valence-electron chi connectivity index (χ0n) is 20.3. The molecule has 0 N–H and O–H groups in total. The third kappa shape index (κ3) is 4.23. The largest absolute Gasteiger partial charge is 0.463 e. The number of thiazole rings is 1. The van der Waals surface area contributed by atoms with Crippen LogP contribution in [0.3, 0.4) is 0 Å². The monoisotopic (exact) mass is 479 g/mol. The Hall–Kier alpha value is -3.46. The van der Waals surface area contributed by atoms with Crippen molar-refractivity contribution in [2.75, 3.05) is 25.6 Å². The lowest BCUT2D eigenvalue weighted by Crippen LogP contribution is -2.40. The maximum atomic E-state index is 13.7. The number of hydrogen-bond donors (Lipinski definition) is 0. The summed E-state index contributed by atoms with van der Waals surface area (Å²) in [6, 6.07) is 7.24. The number of carbonyl (C=O) groups excluding carboxylic acids is 1. The average Bonchev–Trinajstić information content (AvgIpc) is 3.32. The number of ether oxygens (including phenoxy) is 1. The van der Waals surface area contributed by atoms with Crippen LogP contribution in [0.1, 0.15) is 43.6 Å². The Morgan fingerprint density at radius 1 is 1.21 bits per heavy atom. The lowest BCUT2D eigenvalue weighted by atomic mass is 9.95. The number of hydrogen-bond acceptors (Lipinski definition) is 7. The van der Waals surface area contributed by atoms with Gasteiger partial charge in [-0.25, -0.2) is 9.79 Å². The fraction of sp³-hybridized carbons (Fsp3) is 0.360. The van der Waals surface area contributed by atoms with Crippen molar-refractivity contribution in [3.63, 3.8) is 0 Å². The number of fused-ring (bicyclic) bond motifs is 1. The lowest BCUT2D eigenvalue weighted by molar-refractivity contribution is -0.139. The van der Waals surface area contributed by atoms with E-state index in [1.807, 2.05) is 74.1 Å². The van der Waals surface area contributed by atoms with E-state index in [-0.39, 0.29) is 12.2 Å². The molecule has 3 heterocycles. The average molecular weight is 480 g/mol. The van der Waals surface area contributed by atoms with Crippen molar-refractivity contribution in [3.8, 4) is 0 Å². The molecule has 1 aliphatic heterocycles. The molecule has 2 aromatic heterocycles. The number of benzene rings is 1. The molecule has 0 fully saturated rings. The van der Waals surface area contributed by atoms with E-state index in [0.29, 0.717) is 20.6 Å². The van der Waals surface area contributed by atoms with Gasteiger partial charge in [-0.05, 0) is 51.5 Å². The maximum absolute atomic E-state index is 13.7. The van der Waals surface area contributed by atoms with Crippen LogP contribution >= 0.6 is 11.3 Å². The van der Waals surface area contributed by atoms with Crippen LogP contribution in [0.4, 0.5) is 5.69 Å². The fourth-order valence-electron chi connectivity index (χ4n) is 4.04. The first kappa shape index (κ1) is 23.7. The van der Waals surface area contributed by atoms with E-state index in [0.717, 1.165) is 29.1 Å². The van der Waals surface area contributed by atoms with Crippen molar-refractivity contribution in [3.05, 3.63) is 78.2 Å². The van der Waals surface area contributed by atoms with Crippen LogP contribution in [0.25, 0.3) is 6.08 Å². The number of aromatic nitrogens is 3. The number of nitrogens with zero attached hydrogens (tertiary/aromatic N) is 5. The molecule has 1 aliphatic rings. The van der Waals surface area contributed by atoms with Crippen molar-refractivity contribution in [1.29, 1.82) is 0 Å². The Balaban J connectivity index is 1.93. The highest BCUT2D eigenvalue weighted by Crippen LogP contribution is 2.31. The summed E-state index contributed by atoms with van der Waals surface area (Å²) >= 11 is 1.32. The Morgan fingerprint density at radius 2 is 1.91 bits per heavy atom. The van der Waals surface area contributed by atoms with Crippen LogP contribution in [0.2, 0.25) is 0 Å². The Morgan fingerprint density at radius 3 is 2.50 bits per heavy atom. The van der Waals surface area contributed by atoms with Crippen molar-refractivity contribution >= 4 is 29.1 Å². The van der Waals surface area contributed by atoms with Crippen molar-refractivity contribution in [2.24, 2.45) is 4.99 Å². The minimum atomic E-state index is -0.617. The molecule has 1 atom stereocenters. The summed E-state index contributed by atoms with van der Waals surface area (Å²) in [5, 5.41) is 4.47. The summed E-state index contributed by atoms with van der Waals surface area (Å²) in [5.74, 6) is -0.459. The molecule has 0 saturated heterocycles. The van der Waals surface area contributed by atoms with Crippen LogP contribution in [0.5, 0.6) is 0 Å². The molecule has 0 amide bonds. The van der Waals surface area contributed by atoms with Gasteiger partial charge in [-0.15, -0.1) is 0 Å². The summed E-state index contributed by atoms with van der Waals surface area (Å²) in [5.41, 5.74) is 4.34. The SMILES string of the molecule is CCOC(=O)C1=C(C)N=c2s/c(=C\c3cn(CC)nc3C)c(=O)n2[C@H]1c1ccc(N(C)C)cc1. The standard InChI is InChI=1S/C25H29N5O3S/c1-7-29-14-18(15(3)27-29)13-20-23(31)30-22(17-9-11-19(12-10-17)28(5)6)21(24(32)33-8-2)16(4)26-25(30)34-20/h9-14,22H,7-8H2,1-6H3/b20-13-/t22-/m0/s1. The summed E-state index contributed by atoms with van der Waals surface area (Å²) in [6.45, 7) is 8.50. The number of anilines is 1. The van der Waals surface area contributed by atoms with Gasteiger partial charge in [0.05, 0.1) is 34.1 Å². The number of esters is 1. The van der Waals surface area contributed by atoms with Gasteiger partial charge in [0.15, 0.2) is 4.80 Å². The maximum Gasteiger partial charge on any atom is 0.338 e. The minimum Gasteiger partial charge on any atom is -0.463 e. The zero-order chi connectivity index (χ0) is 24.6. The van der Waals surface area contributed by atoms with Crippen LogP contribution in [-0.2, 0) is 16.1 Å². The number of rotatable bonds is 6. The van der Waals surface area contributed by atoms with E-state index in [4.69, 9.17) is 4.74 Å². The predicted octanol–water partition coefficient (Wildman–Crippen LogP) is 2.39. The molecule has 3 aromatic rings. The first-order chi connectivity index (χ1) is 16.2. The second-order valence-electron chi connectivity index (χ2n) is 8.31. The van der Waals surface area contributed by atoms with Gasteiger partial charge < -0.3 is 9.64 Å². The molecule has 0 spiro atoms. The first-order valence-electron chi connectivity index (χ1n) is 11.3. The van der Waals surface area contributed by atoms with E-state index >= 15 is 0 Å². The molecule has 4 rings (SSSR count). The number of carbonyl (C=O) groups is 1. The highest BCUT2D eigenvalue weighted by Gasteiger charge is 2.33. The van der Waals surface area contributed by atoms with Gasteiger partial charge in [0.1, 0.15) is 0 Å². The molecular weight excluding hydrogens is 450 g/mol. The highest BCUT2D eigenvalue weighted by atomic mass is 32.1. The smallest absolute Gasteiger partial charge is 0.338 e. The molecule has 9 heteroatoms. The summed E-state index contributed by atoms with van der Waals surface area (Å²) in [4.78, 5) is 33.8. The summed E-state index contributed by atoms with van der Waals surface area (Å²) in [7, 11) is 3.93. The highest BCUT2D eigenvalue weighted by molar-refractivity contribution is 7.07. The zero-order valence-corrected chi connectivity index (χ0v) is 21.1. The summed E-state index contributed by atoms with van der Waals surface area (Å²) in [6.07, 6.45) is 3.79. The van der Waals surface area contributed by atoms with Crippen molar-refractivity contribution in [1.82, 2.24) is 14.3 Å². The van der Waals surface area contributed by atoms with E-state index < -0.39 is 12.0 Å². The van der Waals surface area contributed by atoms with E-state index in [9.17, 15) is 9.59 Å². The number of allylic oxidation sites excluding steroid dienone is 1. The van der Waals surface area contributed by atoms with Crippen LogP contribution in [-0.4, -0.2) is 41.0 Å². The Kier molecular flexibility index (Phi) is 6.56. The first-order valence-corrected chi connectivity index (χ1v) is 12.1. The van der Waals surface area contributed by atoms with E-state index in [2.05, 4.69) is 10.1 Å². The fourth-order valence-corrected chi connectivity index (χ4v) is 5.08. The molecule has 178 valence electrons. The van der Waals surface area contributed by atoms with E-state index in [1.165, 1.54) is 11.3 Å². The predicted molar refractivity (Wildman–Crippen MR) is 134 cm³/mol. The van der Waals surface area contributed by atoms with Crippen LogP contribution in [0.15, 0.2) is 51.5 Å². The molecule has 0 unspecified atom stereocenters. The van der Waals surface area contributed by atoms with Gasteiger partial charge in [-0.3, -0.25) is 14.0 Å². The number of aryl methyl sites for hydroxylation is 2. The van der Waals surface area contributed by atoms with Gasteiger partial charge in [0.2, 0.25) is 0 Å². The molecule has 1 aromatic carbocycles. The van der Waals surface area contributed by atoms with Crippen LogP contribution < -0.4 is 19.8 Å². The lowest BCUT2D eigenvalue weighted by Gasteiger charge is -2.25. The molecule has 0 bridgehead atoms. The van der Waals surface area contributed by atoms with Crippen LogP contribution in [0, 0.1) is 6.92 Å². The molecule has 0 saturated carbocycles. The molecule has 0 aliphatic carbocycles. The third-order valence-electron chi connectivity index (χ3n) is 5.84. The second-order valence-corrected chi connectivity index (χ2v) is 9.32. The van der Waals surface area contributed by atoms with Gasteiger partial charge >= 0.3 is 5.97 Å². The minimum absolute atomic E-state index is 0.191. The van der Waals surface area contributed by atoms with Crippen molar-refractivity contribution < 1.29 is 9.53 Å². The normalized spacial score (nSPS) is 15.8. The molecular formula is C25H29N5O3S. The summed E-state index contributed by atoms with van der Waals surface area (Å²) < 4.78 is 9.36. The second kappa shape index (κ2) is 9.42. The Bertz CT molecular complexity index is 1440. The third-order valence-corrected chi connectivity index (χ3v) is 6.82. The molecule has 8 nitrogen and oxygen atoms in total. The topological polar surface area (TPSA) is 81.7 Å². The Labute approximate surface area is 202 Å². The van der Waals surface area contributed by atoms with E-state index in [1.54, 1.807) is 18.4 Å². The quantitative estimate of drug-likeness (QED) is 0.507. The molecule has 0 radical (unpaired) electrons. The van der Waals surface area contributed by atoms with Gasteiger partial charge in [0.25, 0.3) is 5.56 Å². The van der Waals surface area contributed by atoms with Gasteiger partial charge in [-0.1, -0.05) is 23.5 Å². The van der Waals surface area contributed by atoms with Gasteiger partial charge in [-0.2, -0.15) is 5.10 Å². The van der Waals surface area contributed by atoms with Gasteiger partial charge in [0, 0.05) is 38.1 Å². The van der Waals surface area contributed by atoms with Crippen molar-refractivity contribution in [2.45, 2.75) is 40.3 Å². The molecule has 34 heavy (non-hydrogen) atoms.